The quantitative estimate of drug-likeness (QED) is 0.320. The van der Waals surface area contributed by atoms with Gasteiger partial charge in [0.25, 0.3) is 11.5 Å². The van der Waals surface area contributed by atoms with Crippen LogP contribution in [0.4, 0.5) is 0 Å². The van der Waals surface area contributed by atoms with Crippen molar-refractivity contribution in [2.24, 2.45) is 0 Å². The summed E-state index contributed by atoms with van der Waals surface area (Å²) in [5, 5.41) is 13.6. The predicted octanol–water partition coefficient (Wildman–Crippen LogP) is 4.39. The summed E-state index contributed by atoms with van der Waals surface area (Å²) in [4.78, 5) is 40.0. The van der Waals surface area contributed by atoms with E-state index < -0.39 is 16.9 Å². The van der Waals surface area contributed by atoms with Crippen molar-refractivity contribution in [3.05, 3.63) is 78.7 Å². The van der Waals surface area contributed by atoms with Gasteiger partial charge in [0.2, 0.25) is 5.69 Å². The molecule has 14 heteroatoms. The molecular weight excluding hydrogens is 630 g/mol. The number of ether oxygens (including phenoxy) is 1. The third kappa shape index (κ3) is 4.76. The molecular formula is C21H13Cl2IN6O4S. The second-order valence-electron chi connectivity index (χ2n) is 7.29. The maximum absolute atomic E-state index is 12.7. The van der Waals surface area contributed by atoms with Gasteiger partial charge in [-0.05, 0) is 30.3 Å². The minimum atomic E-state index is -0.900. The van der Waals surface area contributed by atoms with Gasteiger partial charge in [-0.3, -0.25) is 18.5 Å². The zero-order valence-electron chi connectivity index (χ0n) is 17.9. The first-order chi connectivity index (χ1) is 16.6. The molecule has 2 heterocycles. The third-order valence-electron chi connectivity index (χ3n) is 4.83. The van der Waals surface area contributed by atoms with E-state index in [0.717, 1.165) is 10.2 Å². The first-order valence-corrected chi connectivity index (χ1v) is 13.7. The number of nitriles is 1. The number of aromatic amines is 1. The van der Waals surface area contributed by atoms with E-state index in [9.17, 15) is 14.4 Å². The van der Waals surface area contributed by atoms with Crippen molar-refractivity contribution in [2.75, 3.05) is 14.1 Å². The van der Waals surface area contributed by atoms with Crippen LogP contribution in [-0.2, 0) is 0 Å². The lowest BCUT2D eigenvalue weighted by Crippen LogP contribution is -2.33. The van der Waals surface area contributed by atoms with Crippen LogP contribution in [0.1, 0.15) is 16.1 Å². The van der Waals surface area contributed by atoms with E-state index in [4.69, 9.17) is 33.2 Å². The van der Waals surface area contributed by atoms with E-state index in [1.165, 1.54) is 26.2 Å². The molecule has 2 aromatic carbocycles. The normalized spacial score (nSPS) is 10.9. The number of nitrogens with one attached hydrogen (secondary N) is 1. The number of hydrogen-bond acceptors (Lipinski definition) is 7. The second-order valence-corrected chi connectivity index (χ2v) is 9.82. The van der Waals surface area contributed by atoms with Crippen molar-refractivity contribution >= 4 is 70.3 Å². The first kappa shape index (κ1) is 25.1. The maximum atomic E-state index is 12.7. The molecule has 0 bridgehead atoms. The van der Waals surface area contributed by atoms with Crippen LogP contribution in [0.5, 0.6) is 11.5 Å². The highest BCUT2D eigenvalue weighted by atomic mass is 127. The number of benzene rings is 2. The largest absolute Gasteiger partial charge is 0.454 e. The van der Waals surface area contributed by atoms with E-state index in [0.29, 0.717) is 16.7 Å². The van der Waals surface area contributed by atoms with Crippen LogP contribution in [0.25, 0.3) is 16.6 Å². The lowest BCUT2D eigenvalue weighted by atomic mass is 10.1. The summed E-state index contributed by atoms with van der Waals surface area (Å²) < 4.78 is 8.62. The molecule has 4 aromatic rings. The fourth-order valence-corrected chi connectivity index (χ4v) is 5.15. The molecule has 0 aliphatic heterocycles. The average Bonchev–Trinajstić information content (AvgIpc) is 3.18. The van der Waals surface area contributed by atoms with Gasteiger partial charge < -0.3 is 9.64 Å². The van der Waals surface area contributed by atoms with Crippen LogP contribution in [0.3, 0.4) is 0 Å². The molecule has 0 spiro atoms. The van der Waals surface area contributed by atoms with Crippen LogP contribution >= 0.6 is 53.5 Å². The number of rotatable bonds is 5. The molecule has 0 saturated heterocycles. The fraction of sp³-hybridized carbons (Fsp3) is 0.0952. The number of nitrogens with zero attached hydrogens (tertiary/aromatic N) is 5. The number of carbonyl (C=O) groups is 1. The minimum Gasteiger partial charge on any atom is -0.454 e. The van der Waals surface area contributed by atoms with E-state index in [1.807, 2.05) is 15.0 Å². The predicted molar refractivity (Wildman–Crippen MR) is 142 cm³/mol. The summed E-state index contributed by atoms with van der Waals surface area (Å²) >= 11 is 14.9. The fourth-order valence-electron chi connectivity index (χ4n) is 3.24. The van der Waals surface area contributed by atoms with Gasteiger partial charge in [-0.1, -0.05) is 23.2 Å². The molecule has 1 N–H and O–H groups in total. The second kappa shape index (κ2) is 9.94. The standard InChI is InChI=1S/C21H13Cl2IN6O4S/c1-28(2)20(32)13-9-29(35-24)17-4-3-11(7-12(13)17)34-18-14(22)5-10(6-15(18)23)30-21(33)26-19(31)16(8-25)27-30/h3-7,9H,1-2H3,(H,26,31,33). The Balaban J connectivity index is 1.76. The summed E-state index contributed by atoms with van der Waals surface area (Å²) in [7, 11) is 4.77. The van der Waals surface area contributed by atoms with Gasteiger partial charge in [-0.15, -0.1) is 5.10 Å². The van der Waals surface area contributed by atoms with Crippen molar-refractivity contribution in [1.82, 2.24) is 23.6 Å². The highest BCUT2D eigenvalue weighted by Crippen LogP contribution is 2.39. The molecule has 0 aliphatic carbocycles. The Morgan fingerprint density at radius 1 is 1.23 bits per heavy atom. The molecule has 35 heavy (non-hydrogen) atoms. The Morgan fingerprint density at radius 2 is 1.91 bits per heavy atom. The molecule has 0 fully saturated rings. The van der Waals surface area contributed by atoms with Crippen molar-refractivity contribution < 1.29 is 9.53 Å². The van der Waals surface area contributed by atoms with Gasteiger partial charge in [-0.2, -0.15) is 9.94 Å². The van der Waals surface area contributed by atoms with Crippen molar-refractivity contribution in [2.45, 2.75) is 0 Å². The zero-order valence-corrected chi connectivity index (χ0v) is 22.4. The van der Waals surface area contributed by atoms with Gasteiger partial charge in [0.1, 0.15) is 11.8 Å². The van der Waals surface area contributed by atoms with E-state index in [1.54, 1.807) is 38.5 Å². The average molecular weight is 643 g/mol. The molecule has 4 rings (SSSR count). The van der Waals surface area contributed by atoms with Crippen molar-refractivity contribution in [3.63, 3.8) is 0 Å². The SMILES string of the molecule is CN(C)C(=O)c1cn(SI)c2ccc(Oc3c(Cl)cc(-n4nc(C#N)c(=O)[nH]c4=O)cc3Cl)cc12. The van der Waals surface area contributed by atoms with Crippen LogP contribution in [0, 0.1) is 11.3 Å². The summed E-state index contributed by atoms with van der Waals surface area (Å²) in [5.74, 6) is 0.328. The number of halogens is 3. The van der Waals surface area contributed by atoms with Crippen LogP contribution in [0.15, 0.2) is 46.1 Å². The summed E-state index contributed by atoms with van der Waals surface area (Å²) in [6.07, 6.45) is 1.76. The van der Waals surface area contributed by atoms with Gasteiger partial charge in [0, 0.05) is 56.0 Å². The van der Waals surface area contributed by atoms with Crippen molar-refractivity contribution in [3.8, 4) is 23.3 Å². The van der Waals surface area contributed by atoms with Crippen LogP contribution in [-0.4, -0.2) is 43.6 Å². The maximum Gasteiger partial charge on any atom is 0.349 e. The Morgan fingerprint density at radius 3 is 2.51 bits per heavy atom. The molecule has 2 aromatic heterocycles. The highest BCUT2D eigenvalue weighted by molar-refractivity contribution is 14.2. The molecule has 0 radical (unpaired) electrons. The minimum absolute atomic E-state index is 0.0518. The molecule has 0 unspecified atom stereocenters. The number of carbonyl (C=O) groups excluding carboxylic acids is 1. The highest BCUT2D eigenvalue weighted by Gasteiger charge is 2.19. The number of amides is 1. The molecule has 10 nitrogen and oxygen atoms in total. The third-order valence-corrected chi connectivity index (χ3v) is 7.12. The summed E-state index contributed by atoms with van der Waals surface area (Å²) in [6.45, 7) is 0. The Bertz CT molecular complexity index is 1630. The Labute approximate surface area is 223 Å². The number of aromatic nitrogens is 4. The molecule has 0 aliphatic rings. The van der Waals surface area contributed by atoms with Gasteiger partial charge >= 0.3 is 5.69 Å². The summed E-state index contributed by atoms with van der Waals surface area (Å²) in [6, 6.07) is 9.57. The monoisotopic (exact) mass is 642 g/mol. The van der Waals surface area contributed by atoms with E-state index in [-0.39, 0.29) is 27.4 Å². The van der Waals surface area contributed by atoms with Gasteiger partial charge in [0.15, 0.2) is 5.75 Å². The van der Waals surface area contributed by atoms with Gasteiger partial charge in [0.05, 0.1) is 26.8 Å². The van der Waals surface area contributed by atoms with Crippen LogP contribution in [0.2, 0.25) is 10.0 Å². The Hall–Kier alpha value is -2.99. The smallest absolute Gasteiger partial charge is 0.349 e. The van der Waals surface area contributed by atoms with Crippen molar-refractivity contribution in [1.29, 1.82) is 5.26 Å². The number of fused-ring (bicyclic) bond motifs is 1. The first-order valence-electron chi connectivity index (χ1n) is 9.61. The van der Waals surface area contributed by atoms with Gasteiger partial charge in [-0.25, -0.2) is 4.79 Å². The summed E-state index contributed by atoms with van der Waals surface area (Å²) in [5.41, 5.74) is -0.810. The topological polar surface area (TPSA) is 126 Å². The van der Waals surface area contributed by atoms with E-state index >= 15 is 0 Å². The Kier molecular flexibility index (Phi) is 7.13. The number of H-pyrrole nitrogens is 1. The lowest BCUT2D eigenvalue weighted by Gasteiger charge is -2.13. The van der Waals surface area contributed by atoms with Crippen LogP contribution < -0.4 is 16.0 Å². The number of hydrogen-bond donors (Lipinski definition) is 1. The molecule has 0 atom stereocenters. The molecule has 0 saturated carbocycles. The van der Waals surface area contributed by atoms with E-state index in [2.05, 4.69) is 26.3 Å². The molecule has 1 amide bonds. The zero-order chi connectivity index (χ0) is 25.4. The molecule has 178 valence electrons. The lowest BCUT2D eigenvalue weighted by molar-refractivity contribution is 0.0829.